The van der Waals surface area contributed by atoms with Crippen molar-refractivity contribution in [1.29, 1.82) is 0 Å². The Kier molecular flexibility index (Phi) is 6.08. The summed E-state index contributed by atoms with van der Waals surface area (Å²) in [6, 6.07) is 54.6. The van der Waals surface area contributed by atoms with E-state index in [2.05, 4.69) is 173 Å². The van der Waals surface area contributed by atoms with Crippen LogP contribution in [-0.4, -0.2) is 0 Å². The number of hydrogen-bond donors (Lipinski definition) is 0. The van der Waals surface area contributed by atoms with Gasteiger partial charge in [-0.05, 0) is 108 Å². The molecule has 0 saturated carbocycles. The van der Waals surface area contributed by atoms with Crippen LogP contribution >= 0.6 is 0 Å². The van der Waals surface area contributed by atoms with Gasteiger partial charge in [0.2, 0.25) is 0 Å². The van der Waals surface area contributed by atoms with E-state index in [0.29, 0.717) is 0 Å². The summed E-state index contributed by atoms with van der Waals surface area (Å²) < 4.78 is 0. The quantitative estimate of drug-likeness (QED) is 0.177. The van der Waals surface area contributed by atoms with E-state index in [1.807, 2.05) is 0 Å². The summed E-state index contributed by atoms with van der Waals surface area (Å²) in [4.78, 5) is 0. The Morgan fingerprint density at radius 2 is 0.936 bits per heavy atom. The van der Waals surface area contributed by atoms with Crippen molar-refractivity contribution in [1.82, 2.24) is 0 Å². The fourth-order valence-corrected chi connectivity index (χ4v) is 8.51. The fourth-order valence-electron chi connectivity index (χ4n) is 8.51. The summed E-state index contributed by atoms with van der Waals surface area (Å²) in [5.41, 5.74) is 15.7. The number of benzene rings is 8. The minimum atomic E-state index is -0.0688. The van der Waals surface area contributed by atoms with Gasteiger partial charge >= 0.3 is 0 Å². The number of hydrogen-bond acceptors (Lipinski definition) is 0. The van der Waals surface area contributed by atoms with Gasteiger partial charge in [-0.15, -0.1) is 0 Å². The highest BCUT2D eigenvalue weighted by Gasteiger charge is 2.37. The van der Waals surface area contributed by atoms with E-state index in [-0.39, 0.29) is 5.41 Å². The Balaban J connectivity index is 1.46. The molecule has 0 atom stereocenters. The monoisotopic (exact) mass is 600 g/mol. The summed E-state index contributed by atoms with van der Waals surface area (Å²) in [5.74, 6) is 0. The predicted octanol–water partition coefficient (Wildman–Crippen LogP) is 13.1. The van der Waals surface area contributed by atoms with Gasteiger partial charge in [-0.2, -0.15) is 0 Å². The van der Waals surface area contributed by atoms with Gasteiger partial charge in [0.05, 0.1) is 0 Å². The Labute approximate surface area is 277 Å². The minimum Gasteiger partial charge on any atom is -0.0619 e. The summed E-state index contributed by atoms with van der Waals surface area (Å²) in [6.07, 6.45) is 0. The van der Waals surface area contributed by atoms with Crippen LogP contribution in [0.3, 0.4) is 0 Å². The molecule has 1 aliphatic rings. The highest BCUT2D eigenvalue weighted by Crippen LogP contribution is 2.54. The van der Waals surface area contributed by atoms with Crippen LogP contribution in [0.15, 0.2) is 146 Å². The lowest BCUT2D eigenvalue weighted by molar-refractivity contribution is 0.660. The molecule has 0 amide bonds. The molecular formula is C47H36. The van der Waals surface area contributed by atoms with E-state index >= 15 is 0 Å². The van der Waals surface area contributed by atoms with Crippen LogP contribution in [0.2, 0.25) is 0 Å². The van der Waals surface area contributed by atoms with E-state index in [0.717, 1.165) is 0 Å². The van der Waals surface area contributed by atoms with Crippen molar-refractivity contribution >= 4 is 32.3 Å². The van der Waals surface area contributed by atoms with Gasteiger partial charge in [-0.1, -0.05) is 165 Å². The van der Waals surface area contributed by atoms with Crippen molar-refractivity contribution < 1.29 is 0 Å². The first-order chi connectivity index (χ1) is 22.9. The number of rotatable bonds is 3. The molecule has 0 nitrogen and oxygen atoms in total. The van der Waals surface area contributed by atoms with Gasteiger partial charge in [0.1, 0.15) is 0 Å². The molecule has 0 bridgehead atoms. The van der Waals surface area contributed by atoms with Gasteiger partial charge in [-0.25, -0.2) is 0 Å². The van der Waals surface area contributed by atoms with Crippen LogP contribution in [0, 0.1) is 13.8 Å². The lowest BCUT2D eigenvalue weighted by Crippen LogP contribution is -2.14. The summed E-state index contributed by atoms with van der Waals surface area (Å²) in [7, 11) is 0. The molecule has 224 valence electrons. The second kappa shape index (κ2) is 10.3. The standard InChI is InChI=1S/C47H36/c1-29-25-30(2)27-33(26-29)44-36-16-7-8-17-37(36)45(40-20-12-22-43-46(40)39-18-9-10-21-42(39)47(43,3)4)41-28-32(23-24-38(41)44)35-19-11-14-31-13-5-6-15-34(31)35/h5-28H,1-4H3. The van der Waals surface area contributed by atoms with E-state index < -0.39 is 0 Å². The van der Waals surface area contributed by atoms with Crippen LogP contribution in [-0.2, 0) is 5.41 Å². The van der Waals surface area contributed by atoms with Crippen LogP contribution < -0.4 is 0 Å². The summed E-state index contributed by atoms with van der Waals surface area (Å²) in [6.45, 7) is 9.17. The summed E-state index contributed by atoms with van der Waals surface area (Å²) in [5, 5.41) is 7.71. The number of fused-ring (bicyclic) bond motifs is 6. The van der Waals surface area contributed by atoms with E-state index in [1.54, 1.807) is 0 Å². The molecule has 0 aliphatic heterocycles. The molecular weight excluding hydrogens is 565 g/mol. The topological polar surface area (TPSA) is 0 Å². The zero-order chi connectivity index (χ0) is 31.9. The molecule has 47 heavy (non-hydrogen) atoms. The van der Waals surface area contributed by atoms with Crippen molar-refractivity contribution in [3.63, 3.8) is 0 Å². The summed E-state index contributed by atoms with van der Waals surface area (Å²) >= 11 is 0. The molecule has 0 heterocycles. The number of aryl methyl sites for hydroxylation is 2. The molecule has 8 aromatic rings. The average molecular weight is 601 g/mol. The highest BCUT2D eigenvalue weighted by atomic mass is 14.4. The molecule has 0 unspecified atom stereocenters. The predicted molar refractivity (Wildman–Crippen MR) is 202 cm³/mol. The Hall–Kier alpha value is -5.46. The van der Waals surface area contributed by atoms with Crippen LogP contribution in [0.4, 0.5) is 0 Å². The fraction of sp³-hybridized carbons (Fsp3) is 0.106. The Morgan fingerprint density at radius 3 is 1.74 bits per heavy atom. The molecule has 0 radical (unpaired) electrons. The lowest BCUT2D eigenvalue weighted by Gasteiger charge is -2.23. The zero-order valence-electron chi connectivity index (χ0n) is 27.4. The van der Waals surface area contributed by atoms with Crippen LogP contribution in [0.1, 0.15) is 36.1 Å². The van der Waals surface area contributed by atoms with Crippen molar-refractivity contribution in [2.75, 3.05) is 0 Å². The van der Waals surface area contributed by atoms with Crippen molar-refractivity contribution in [2.45, 2.75) is 33.1 Å². The Bertz CT molecular complexity index is 2530. The first-order valence-corrected chi connectivity index (χ1v) is 16.7. The van der Waals surface area contributed by atoms with Crippen LogP contribution in [0.25, 0.3) is 76.8 Å². The molecule has 0 aromatic heterocycles. The van der Waals surface area contributed by atoms with E-state index in [1.165, 1.54) is 99.1 Å². The second-order valence-corrected chi connectivity index (χ2v) is 13.9. The smallest absolute Gasteiger partial charge is 0.0159 e. The molecule has 9 rings (SSSR count). The molecule has 0 fully saturated rings. The third-order valence-corrected chi connectivity index (χ3v) is 10.5. The lowest BCUT2D eigenvalue weighted by atomic mass is 9.80. The van der Waals surface area contributed by atoms with Gasteiger partial charge < -0.3 is 0 Å². The van der Waals surface area contributed by atoms with Crippen molar-refractivity contribution in [3.05, 3.63) is 168 Å². The molecule has 0 spiro atoms. The highest BCUT2D eigenvalue weighted by molar-refractivity contribution is 6.23. The molecule has 1 aliphatic carbocycles. The van der Waals surface area contributed by atoms with Crippen molar-refractivity contribution in [2.24, 2.45) is 0 Å². The minimum absolute atomic E-state index is 0.0688. The SMILES string of the molecule is Cc1cc(C)cc(-c2c3ccccc3c(-c3cccc4c3-c3ccccc3C4(C)C)c3cc(-c4cccc5ccccc45)ccc23)c1. The maximum Gasteiger partial charge on any atom is 0.0159 e. The first kappa shape index (κ1) is 27.8. The maximum absolute atomic E-state index is 2.47. The van der Waals surface area contributed by atoms with Gasteiger partial charge in [-0.3, -0.25) is 0 Å². The molecule has 0 heteroatoms. The third-order valence-electron chi connectivity index (χ3n) is 10.5. The van der Waals surface area contributed by atoms with Gasteiger partial charge in [0, 0.05) is 5.41 Å². The molecule has 0 saturated heterocycles. The Morgan fingerprint density at radius 1 is 0.362 bits per heavy atom. The zero-order valence-corrected chi connectivity index (χ0v) is 27.4. The second-order valence-electron chi connectivity index (χ2n) is 13.9. The molecule has 8 aromatic carbocycles. The normalized spacial score (nSPS) is 13.3. The largest absolute Gasteiger partial charge is 0.0619 e. The molecule has 0 N–H and O–H groups in total. The van der Waals surface area contributed by atoms with Gasteiger partial charge in [0.25, 0.3) is 0 Å². The average Bonchev–Trinajstić information content (AvgIpc) is 3.32. The van der Waals surface area contributed by atoms with Crippen molar-refractivity contribution in [3.8, 4) is 44.5 Å². The van der Waals surface area contributed by atoms with Gasteiger partial charge in [0.15, 0.2) is 0 Å². The first-order valence-electron chi connectivity index (χ1n) is 16.7. The van der Waals surface area contributed by atoms with E-state index in [4.69, 9.17) is 0 Å². The van der Waals surface area contributed by atoms with E-state index in [9.17, 15) is 0 Å². The third kappa shape index (κ3) is 4.14. The van der Waals surface area contributed by atoms with Crippen LogP contribution in [0.5, 0.6) is 0 Å². The maximum atomic E-state index is 2.47.